The maximum Gasteiger partial charge on any atom is 0.342 e. The summed E-state index contributed by atoms with van der Waals surface area (Å²) in [6, 6.07) is 23.6. The van der Waals surface area contributed by atoms with Gasteiger partial charge in [-0.15, -0.1) is 0 Å². The van der Waals surface area contributed by atoms with Gasteiger partial charge in [0.05, 0.1) is 0 Å². The van der Waals surface area contributed by atoms with E-state index in [1.165, 1.54) is 0 Å². The van der Waals surface area contributed by atoms with Crippen LogP contribution in [-0.2, 0) is 22.7 Å². The number of hydrogen-bond acceptors (Lipinski definition) is 4. The van der Waals surface area contributed by atoms with E-state index in [0.29, 0.717) is 17.4 Å². The van der Waals surface area contributed by atoms with Gasteiger partial charge in [-0.1, -0.05) is 72.3 Å². The summed E-state index contributed by atoms with van der Waals surface area (Å²) in [4.78, 5) is 24.4. The summed E-state index contributed by atoms with van der Waals surface area (Å²) < 4.78 is 10.9. The quantitative estimate of drug-likeness (QED) is 0.560. The molecule has 3 rings (SSSR count). The molecule has 148 valence electrons. The second-order valence-corrected chi connectivity index (χ2v) is 6.62. The maximum atomic E-state index is 12.4. The van der Waals surface area contributed by atoms with Gasteiger partial charge in [0.25, 0.3) is 5.91 Å². The largest absolute Gasteiger partial charge is 0.488 e. The van der Waals surface area contributed by atoms with E-state index in [1.807, 2.05) is 48.5 Å². The van der Waals surface area contributed by atoms with Crippen molar-refractivity contribution in [2.45, 2.75) is 13.2 Å². The lowest BCUT2D eigenvalue weighted by Gasteiger charge is -2.11. The first-order valence-electron chi connectivity index (χ1n) is 9.06. The third kappa shape index (κ3) is 6.09. The Bertz CT molecular complexity index is 975. The van der Waals surface area contributed by atoms with Gasteiger partial charge >= 0.3 is 5.97 Å². The summed E-state index contributed by atoms with van der Waals surface area (Å²) >= 11 is 6.06. The first-order valence-corrected chi connectivity index (χ1v) is 9.44. The molecule has 0 aromatic heterocycles. The SMILES string of the molecule is O=C(COC(=O)c1ccccc1OCc1ccccc1)NCc1ccccc1Cl. The fourth-order valence-electron chi connectivity index (χ4n) is 2.59. The van der Waals surface area contributed by atoms with Crippen LogP contribution in [-0.4, -0.2) is 18.5 Å². The van der Waals surface area contributed by atoms with E-state index in [9.17, 15) is 9.59 Å². The summed E-state index contributed by atoms with van der Waals surface area (Å²) in [6.07, 6.45) is 0. The third-order valence-corrected chi connectivity index (χ3v) is 4.48. The van der Waals surface area contributed by atoms with Crippen molar-refractivity contribution in [2.75, 3.05) is 6.61 Å². The Labute approximate surface area is 174 Å². The average molecular weight is 410 g/mol. The molecule has 0 bridgehead atoms. The van der Waals surface area contributed by atoms with Gasteiger partial charge < -0.3 is 14.8 Å². The average Bonchev–Trinajstić information content (AvgIpc) is 2.76. The predicted molar refractivity (Wildman–Crippen MR) is 111 cm³/mol. The number of halogens is 1. The van der Waals surface area contributed by atoms with E-state index in [1.54, 1.807) is 30.3 Å². The molecule has 0 aliphatic carbocycles. The number of nitrogens with one attached hydrogen (secondary N) is 1. The van der Waals surface area contributed by atoms with Crippen LogP contribution < -0.4 is 10.1 Å². The van der Waals surface area contributed by atoms with Crippen LogP contribution in [0, 0.1) is 0 Å². The van der Waals surface area contributed by atoms with Crippen molar-refractivity contribution in [1.29, 1.82) is 0 Å². The summed E-state index contributed by atoms with van der Waals surface area (Å²) in [7, 11) is 0. The molecular formula is C23H20ClNO4. The standard InChI is InChI=1S/C23H20ClNO4/c24-20-12-6-4-10-18(20)14-25-22(26)16-29-23(27)19-11-5-7-13-21(19)28-15-17-8-2-1-3-9-17/h1-13H,14-16H2,(H,25,26). The zero-order valence-corrected chi connectivity index (χ0v) is 16.4. The molecule has 5 nitrogen and oxygen atoms in total. The Kier molecular flexibility index (Phi) is 7.25. The number of carbonyl (C=O) groups is 2. The molecule has 3 aromatic rings. The van der Waals surface area contributed by atoms with Crippen LogP contribution in [0.15, 0.2) is 78.9 Å². The van der Waals surface area contributed by atoms with Crippen molar-refractivity contribution in [3.05, 3.63) is 101 Å². The molecule has 0 aliphatic heterocycles. The number of rotatable bonds is 8. The van der Waals surface area contributed by atoms with Crippen LogP contribution in [0.4, 0.5) is 0 Å². The van der Waals surface area contributed by atoms with Gasteiger partial charge in [0, 0.05) is 11.6 Å². The van der Waals surface area contributed by atoms with Crippen LogP contribution in [0.2, 0.25) is 5.02 Å². The van der Waals surface area contributed by atoms with Crippen molar-refractivity contribution >= 4 is 23.5 Å². The summed E-state index contributed by atoms with van der Waals surface area (Å²) in [5, 5.41) is 3.24. The molecule has 1 amide bonds. The minimum Gasteiger partial charge on any atom is -0.488 e. The van der Waals surface area contributed by atoms with E-state index in [0.717, 1.165) is 11.1 Å². The molecule has 0 heterocycles. The van der Waals surface area contributed by atoms with E-state index >= 15 is 0 Å². The van der Waals surface area contributed by atoms with Crippen LogP contribution in [0.5, 0.6) is 5.75 Å². The fraction of sp³-hybridized carbons (Fsp3) is 0.130. The molecule has 6 heteroatoms. The molecule has 1 N–H and O–H groups in total. The topological polar surface area (TPSA) is 64.6 Å². The highest BCUT2D eigenvalue weighted by Gasteiger charge is 2.15. The smallest absolute Gasteiger partial charge is 0.342 e. The summed E-state index contributed by atoms with van der Waals surface area (Å²) in [6.45, 7) is 0.187. The molecule has 0 atom stereocenters. The Morgan fingerprint density at radius 3 is 2.34 bits per heavy atom. The number of hydrogen-bond donors (Lipinski definition) is 1. The molecule has 0 saturated carbocycles. The monoisotopic (exact) mass is 409 g/mol. The van der Waals surface area contributed by atoms with Gasteiger partial charge in [-0.3, -0.25) is 4.79 Å². The fourth-order valence-corrected chi connectivity index (χ4v) is 2.79. The normalized spacial score (nSPS) is 10.2. The molecule has 3 aromatic carbocycles. The summed E-state index contributed by atoms with van der Waals surface area (Å²) in [5.41, 5.74) is 2.03. The molecule has 0 spiro atoms. The molecule has 29 heavy (non-hydrogen) atoms. The second kappa shape index (κ2) is 10.3. The van der Waals surface area contributed by atoms with E-state index in [4.69, 9.17) is 21.1 Å². The summed E-state index contributed by atoms with van der Waals surface area (Å²) in [5.74, 6) is -0.639. The molecule has 0 radical (unpaired) electrons. The Hall–Kier alpha value is -3.31. The number of ether oxygens (including phenoxy) is 2. The number of carbonyl (C=O) groups excluding carboxylic acids is 2. The molecule has 0 unspecified atom stereocenters. The molecule has 0 fully saturated rings. The van der Waals surface area contributed by atoms with Crippen molar-refractivity contribution in [3.8, 4) is 5.75 Å². The Balaban J connectivity index is 1.52. The predicted octanol–water partition coefficient (Wildman–Crippen LogP) is 4.39. The number of benzene rings is 3. The van der Waals surface area contributed by atoms with Gasteiger partial charge in [0.2, 0.25) is 0 Å². The zero-order chi connectivity index (χ0) is 20.5. The van der Waals surface area contributed by atoms with E-state index in [2.05, 4.69) is 5.32 Å². The van der Waals surface area contributed by atoms with Gasteiger partial charge in [-0.2, -0.15) is 0 Å². The number of esters is 1. The van der Waals surface area contributed by atoms with E-state index < -0.39 is 18.5 Å². The minimum atomic E-state index is -0.624. The zero-order valence-electron chi connectivity index (χ0n) is 15.6. The molecule has 0 saturated heterocycles. The lowest BCUT2D eigenvalue weighted by molar-refractivity contribution is -0.124. The Morgan fingerprint density at radius 2 is 1.55 bits per heavy atom. The highest BCUT2D eigenvalue weighted by Crippen LogP contribution is 2.20. The first kappa shape index (κ1) is 20.4. The van der Waals surface area contributed by atoms with Gasteiger partial charge in [0.1, 0.15) is 17.9 Å². The van der Waals surface area contributed by atoms with Crippen molar-refractivity contribution in [3.63, 3.8) is 0 Å². The second-order valence-electron chi connectivity index (χ2n) is 6.21. The van der Waals surface area contributed by atoms with Crippen molar-refractivity contribution in [1.82, 2.24) is 5.32 Å². The lowest BCUT2D eigenvalue weighted by Crippen LogP contribution is -2.28. The molecular weight excluding hydrogens is 390 g/mol. The molecule has 0 aliphatic rings. The van der Waals surface area contributed by atoms with Crippen molar-refractivity contribution in [2.24, 2.45) is 0 Å². The minimum absolute atomic E-state index is 0.257. The lowest BCUT2D eigenvalue weighted by atomic mass is 10.2. The third-order valence-electron chi connectivity index (χ3n) is 4.11. The van der Waals surface area contributed by atoms with Crippen LogP contribution in [0.25, 0.3) is 0 Å². The number of para-hydroxylation sites is 1. The highest BCUT2D eigenvalue weighted by atomic mass is 35.5. The highest BCUT2D eigenvalue weighted by molar-refractivity contribution is 6.31. The van der Waals surface area contributed by atoms with Crippen LogP contribution in [0.3, 0.4) is 0 Å². The maximum absolute atomic E-state index is 12.4. The van der Waals surface area contributed by atoms with E-state index in [-0.39, 0.29) is 12.1 Å². The van der Waals surface area contributed by atoms with Gasteiger partial charge in [0.15, 0.2) is 6.61 Å². The van der Waals surface area contributed by atoms with Gasteiger partial charge in [-0.05, 0) is 29.3 Å². The first-order chi connectivity index (χ1) is 14.1. The Morgan fingerprint density at radius 1 is 0.862 bits per heavy atom. The number of amides is 1. The van der Waals surface area contributed by atoms with Crippen LogP contribution in [0.1, 0.15) is 21.5 Å². The van der Waals surface area contributed by atoms with Crippen molar-refractivity contribution < 1.29 is 19.1 Å². The van der Waals surface area contributed by atoms with Crippen LogP contribution >= 0.6 is 11.6 Å². The van der Waals surface area contributed by atoms with Gasteiger partial charge in [-0.25, -0.2) is 4.79 Å².